The second-order valence-electron chi connectivity index (χ2n) is 5.73. The Morgan fingerprint density at radius 3 is 2.42 bits per heavy atom. The van der Waals surface area contributed by atoms with Crippen LogP contribution in [-0.2, 0) is 0 Å². The Bertz CT molecular complexity index is 1020. The Labute approximate surface area is 150 Å². The van der Waals surface area contributed by atoms with Crippen LogP contribution in [0.2, 0.25) is 0 Å². The van der Waals surface area contributed by atoms with Crippen molar-refractivity contribution in [3.63, 3.8) is 0 Å². The van der Waals surface area contributed by atoms with Crippen molar-refractivity contribution in [2.75, 3.05) is 0 Å². The van der Waals surface area contributed by atoms with E-state index >= 15 is 0 Å². The Balaban J connectivity index is 1.81. The van der Waals surface area contributed by atoms with Gasteiger partial charge in [-0.15, -0.1) is 0 Å². The Hall–Kier alpha value is -3.72. The predicted octanol–water partition coefficient (Wildman–Crippen LogP) is 2.60. The van der Waals surface area contributed by atoms with Gasteiger partial charge in [0.15, 0.2) is 0 Å². The van der Waals surface area contributed by atoms with E-state index in [4.69, 9.17) is 5.26 Å². The maximum Gasteiger partial charge on any atom is 0.272 e. The summed E-state index contributed by atoms with van der Waals surface area (Å²) in [6.07, 6.45) is 0. The van der Waals surface area contributed by atoms with Crippen molar-refractivity contribution in [2.24, 2.45) is 0 Å². The highest BCUT2D eigenvalue weighted by atomic mass is 16.2. The lowest BCUT2D eigenvalue weighted by Crippen LogP contribution is -2.30. The minimum Gasteiger partial charge on any atom is -0.344 e. The molecule has 3 aromatic rings. The molecule has 0 saturated carbocycles. The molecule has 1 heterocycles. The molecule has 0 radical (unpaired) electrons. The van der Waals surface area contributed by atoms with Gasteiger partial charge in [0, 0.05) is 6.07 Å². The molecule has 0 spiro atoms. The molecule has 0 aliphatic carbocycles. The molecule has 0 fully saturated rings. The third kappa shape index (κ3) is 3.68. The normalized spacial score (nSPS) is 11.4. The summed E-state index contributed by atoms with van der Waals surface area (Å²) in [5.41, 5.74) is 1.85. The lowest BCUT2D eigenvalue weighted by Gasteiger charge is -2.14. The summed E-state index contributed by atoms with van der Waals surface area (Å²) in [4.78, 5) is 24.5. The van der Waals surface area contributed by atoms with Crippen molar-refractivity contribution in [1.82, 2.24) is 15.1 Å². The first-order valence-corrected chi connectivity index (χ1v) is 8.05. The molecule has 2 aromatic carbocycles. The zero-order valence-corrected chi connectivity index (χ0v) is 14.1. The van der Waals surface area contributed by atoms with E-state index in [1.54, 1.807) is 48.5 Å². The van der Waals surface area contributed by atoms with E-state index in [-0.39, 0.29) is 23.2 Å². The summed E-state index contributed by atoms with van der Waals surface area (Å²) in [6.45, 7) is 1.84. The van der Waals surface area contributed by atoms with E-state index in [2.05, 4.69) is 16.5 Å². The molecule has 1 unspecified atom stereocenters. The van der Waals surface area contributed by atoms with Crippen LogP contribution < -0.4 is 10.9 Å². The first-order valence-electron chi connectivity index (χ1n) is 8.05. The zero-order chi connectivity index (χ0) is 18.5. The Morgan fingerprint density at radius 1 is 1.08 bits per heavy atom. The minimum atomic E-state index is -0.383. The van der Waals surface area contributed by atoms with Gasteiger partial charge in [-0.05, 0) is 42.8 Å². The number of nitrogens with one attached hydrogen (secondary N) is 1. The number of benzene rings is 2. The zero-order valence-electron chi connectivity index (χ0n) is 14.1. The second kappa shape index (κ2) is 7.45. The lowest BCUT2D eigenvalue weighted by atomic mass is 10.1. The molecule has 1 N–H and O–H groups in total. The number of carbonyl (C=O) groups is 1. The van der Waals surface area contributed by atoms with E-state index in [9.17, 15) is 9.59 Å². The molecule has 3 rings (SSSR count). The molecule has 26 heavy (non-hydrogen) atoms. The number of hydrogen-bond acceptors (Lipinski definition) is 4. The topological polar surface area (TPSA) is 87.8 Å². The molecule has 0 bridgehead atoms. The van der Waals surface area contributed by atoms with E-state index in [1.807, 2.05) is 13.0 Å². The number of rotatable bonds is 4. The van der Waals surface area contributed by atoms with Gasteiger partial charge in [0.2, 0.25) is 0 Å². The quantitative estimate of drug-likeness (QED) is 0.788. The van der Waals surface area contributed by atoms with Gasteiger partial charge in [-0.2, -0.15) is 15.0 Å². The first-order chi connectivity index (χ1) is 12.6. The highest BCUT2D eigenvalue weighted by Crippen LogP contribution is 2.13. The van der Waals surface area contributed by atoms with E-state index < -0.39 is 0 Å². The molecule has 6 heteroatoms. The van der Waals surface area contributed by atoms with Gasteiger partial charge in [-0.25, -0.2) is 0 Å². The maximum atomic E-state index is 12.5. The second-order valence-corrected chi connectivity index (χ2v) is 5.73. The van der Waals surface area contributed by atoms with Gasteiger partial charge in [0.25, 0.3) is 11.5 Å². The fraction of sp³-hybridized carbons (Fsp3) is 0.100. The van der Waals surface area contributed by atoms with Crippen LogP contribution in [0.15, 0.2) is 71.5 Å². The fourth-order valence-electron chi connectivity index (χ4n) is 2.49. The van der Waals surface area contributed by atoms with E-state index in [0.717, 1.165) is 5.56 Å². The van der Waals surface area contributed by atoms with Crippen LogP contribution in [0.3, 0.4) is 0 Å². The van der Waals surface area contributed by atoms with Gasteiger partial charge in [-0.1, -0.05) is 30.3 Å². The van der Waals surface area contributed by atoms with Crippen LogP contribution in [0.5, 0.6) is 0 Å². The average molecular weight is 344 g/mol. The Morgan fingerprint density at radius 2 is 1.77 bits per heavy atom. The summed E-state index contributed by atoms with van der Waals surface area (Å²) < 4.78 is 1.20. The molecule has 1 atom stereocenters. The van der Waals surface area contributed by atoms with Crippen LogP contribution in [0.25, 0.3) is 5.69 Å². The van der Waals surface area contributed by atoms with Crippen LogP contribution in [0, 0.1) is 11.3 Å². The summed E-state index contributed by atoms with van der Waals surface area (Å²) in [6, 6.07) is 20.4. The van der Waals surface area contributed by atoms with E-state index in [0.29, 0.717) is 11.3 Å². The standard InChI is InChI=1S/C20H16N4O2/c1-14(16-9-7-15(13-21)8-10-16)22-20(26)18-11-12-19(25)24(23-18)17-5-3-2-4-6-17/h2-12,14H,1H3,(H,22,26). The van der Waals surface area contributed by atoms with Gasteiger partial charge in [0.05, 0.1) is 23.4 Å². The smallest absolute Gasteiger partial charge is 0.272 e. The number of nitriles is 1. The maximum absolute atomic E-state index is 12.5. The molecule has 0 aliphatic heterocycles. The summed E-state index contributed by atoms with van der Waals surface area (Å²) in [5, 5.41) is 15.9. The average Bonchev–Trinajstić information content (AvgIpc) is 2.69. The van der Waals surface area contributed by atoms with E-state index in [1.165, 1.54) is 16.8 Å². The molecule has 6 nitrogen and oxygen atoms in total. The highest BCUT2D eigenvalue weighted by Gasteiger charge is 2.14. The van der Waals surface area contributed by atoms with Crippen molar-refractivity contribution in [1.29, 1.82) is 5.26 Å². The van der Waals surface area contributed by atoms with Crippen molar-refractivity contribution in [3.05, 3.63) is 93.9 Å². The fourth-order valence-corrected chi connectivity index (χ4v) is 2.49. The number of carbonyl (C=O) groups excluding carboxylic acids is 1. The third-order valence-corrected chi connectivity index (χ3v) is 3.92. The monoisotopic (exact) mass is 344 g/mol. The van der Waals surface area contributed by atoms with Crippen LogP contribution in [0.1, 0.15) is 34.6 Å². The van der Waals surface area contributed by atoms with Gasteiger partial charge < -0.3 is 5.32 Å². The molecule has 1 amide bonds. The third-order valence-electron chi connectivity index (χ3n) is 3.92. The largest absolute Gasteiger partial charge is 0.344 e. The predicted molar refractivity (Wildman–Crippen MR) is 96.9 cm³/mol. The van der Waals surface area contributed by atoms with Crippen molar-refractivity contribution in [2.45, 2.75) is 13.0 Å². The van der Waals surface area contributed by atoms with Crippen molar-refractivity contribution in [3.8, 4) is 11.8 Å². The molecule has 0 aliphatic rings. The highest BCUT2D eigenvalue weighted by molar-refractivity contribution is 5.92. The molecule has 0 saturated heterocycles. The number of nitrogens with zero attached hydrogens (tertiary/aromatic N) is 3. The first kappa shape index (κ1) is 17.1. The summed E-state index contributed by atoms with van der Waals surface area (Å²) in [7, 11) is 0. The number of hydrogen-bond donors (Lipinski definition) is 1. The van der Waals surface area contributed by atoms with Crippen LogP contribution in [-0.4, -0.2) is 15.7 Å². The summed E-state index contributed by atoms with van der Waals surface area (Å²) in [5.74, 6) is -0.383. The van der Waals surface area contributed by atoms with Crippen LogP contribution in [0.4, 0.5) is 0 Å². The van der Waals surface area contributed by atoms with Crippen LogP contribution >= 0.6 is 0 Å². The minimum absolute atomic E-state index is 0.147. The van der Waals surface area contributed by atoms with Gasteiger partial charge >= 0.3 is 0 Å². The lowest BCUT2D eigenvalue weighted by molar-refractivity contribution is 0.0933. The molecule has 128 valence electrons. The molecular weight excluding hydrogens is 328 g/mol. The Kier molecular flexibility index (Phi) is 4.90. The molecule has 1 aromatic heterocycles. The SMILES string of the molecule is CC(NC(=O)c1ccc(=O)n(-c2ccccc2)n1)c1ccc(C#N)cc1. The number of para-hydroxylation sites is 1. The van der Waals surface area contributed by atoms with Gasteiger partial charge in [0.1, 0.15) is 5.69 Å². The number of aromatic nitrogens is 2. The van der Waals surface area contributed by atoms with Crippen molar-refractivity contribution < 1.29 is 4.79 Å². The van der Waals surface area contributed by atoms with Crippen molar-refractivity contribution >= 4 is 5.91 Å². The molecular formula is C20H16N4O2. The summed E-state index contributed by atoms with van der Waals surface area (Å²) >= 11 is 0. The van der Waals surface area contributed by atoms with Gasteiger partial charge in [-0.3, -0.25) is 9.59 Å². The number of amides is 1.